The lowest BCUT2D eigenvalue weighted by Crippen LogP contribution is -2.18. The first-order valence-electron chi connectivity index (χ1n) is 7.58. The van der Waals surface area contributed by atoms with E-state index in [1.807, 2.05) is 26.1 Å². The van der Waals surface area contributed by atoms with Crippen molar-refractivity contribution in [1.29, 1.82) is 0 Å². The molecule has 6 nitrogen and oxygen atoms in total. The average Bonchev–Trinajstić information content (AvgIpc) is 2.94. The van der Waals surface area contributed by atoms with Crippen molar-refractivity contribution in [3.63, 3.8) is 0 Å². The quantitative estimate of drug-likeness (QED) is 0.832. The Kier molecular flexibility index (Phi) is 5.51. The number of aromatic nitrogens is 2. The van der Waals surface area contributed by atoms with Crippen LogP contribution in [0.25, 0.3) is 0 Å². The zero-order valence-corrected chi connectivity index (χ0v) is 13.6. The van der Waals surface area contributed by atoms with E-state index in [1.165, 1.54) is 0 Å². The lowest BCUT2D eigenvalue weighted by molar-refractivity contribution is -0.116. The van der Waals surface area contributed by atoms with E-state index in [9.17, 15) is 9.59 Å². The zero-order valence-electron chi connectivity index (χ0n) is 13.6. The summed E-state index contributed by atoms with van der Waals surface area (Å²) in [4.78, 5) is 23.8. The number of rotatable bonds is 6. The highest BCUT2D eigenvalue weighted by Gasteiger charge is 2.13. The Morgan fingerprint density at radius 2 is 2.13 bits per heavy atom. The van der Waals surface area contributed by atoms with Crippen LogP contribution < -0.4 is 5.32 Å². The predicted molar refractivity (Wildman–Crippen MR) is 87.3 cm³/mol. The molecule has 6 heteroatoms. The second-order valence-electron chi connectivity index (χ2n) is 5.34. The minimum atomic E-state index is -0.399. The standard InChI is InChI=1S/C17H21N3O3/c1-4-23-17(22)14-6-5-7-15(11-14)18-16(21)10-13(3)20-9-8-12(2)19-20/h5-9,11,13H,4,10H2,1-3H3,(H,18,21). The number of nitrogens with zero attached hydrogens (tertiary/aromatic N) is 2. The van der Waals surface area contributed by atoms with Crippen LogP contribution in [-0.4, -0.2) is 28.3 Å². The number of ether oxygens (including phenoxy) is 1. The molecule has 122 valence electrons. The largest absolute Gasteiger partial charge is 0.462 e. The molecular formula is C17H21N3O3. The third-order valence-corrected chi connectivity index (χ3v) is 3.33. The van der Waals surface area contributed by atoms with Crippen LogP contribution in [-0.2, 0) is 9.53 Å². The number of benzene rings is 1. The van der Waals surface area contributed by atoms with Gasteiger partial charge in [0.25, 0.3) is 0 Å². The molecule has 0 bridgehead atoms. The third kappa shape index (κ3) is 4.67. The molecule has 0 spiro atoms. The lowest BCUT2D eigenvalue weighted by Gasteiger charge is -2.12. The van der Waals surface area contributed by atoms with Crippen LogP contribution in [0.1, 0.15) is 42.4 Å². The van der Waals surface area contributed by atoms with Crippen molar-refractivity contribution < 1.29 is 14.3 Å². The first kappa shape index (κ1) is 16.7. The van der Waals surface area contributed by atoms with Gasteiger partial charge >= 0.3 is 5.97 Å². The fourth-order valence-corrected chi connectivity index (χ4v) is 2.19. The Labute approximate surface area is 135 Å². The number of carbonyl (C=O) groups is 2. The van der Waals surface area contributed by atoms with Gasteiger partial charge in [-0.3, -0.25) is 9.48 Å². The van der Waals surface area contributed by atoms with Gasteiger partial charge in [0.2, 0.25) is 5.91 Å². The number of aryl methyl sites for hydroxylation is 1. The molecule has 0 aliphatic heterocycles. The summed E-state index contributed by atoms with van der Waals surface area (Å²) in [5.74, 6) is -0.532. The topological polar surface area (TPSA) is 73.2 Å². The summed E-state index contributed by atoms with van der Waals surface area (Å²) >= 11 is 0. The third-order valence-electron chi connectivity index (χ3n) is 3.33. The summed E-state index contributed by atoms with van der Waals surface area (Å²) < 4.78 is 6.72. The molecule has 1 amide bonds. The van der Waals surface area contributed by atoms with Gasteiger partial charge in [-0.2, -0.15) is 5.10 Å². The van der Waals surface area contributed by atoms with Gasteiger partial charge in [-0.15, -0.1) is 0 Å². The highest BCUT2D eigenvalue weighted by atomic mass is 16.5. The monoisotopic (exact) mass is 315 g/mol. The van der Waals surface area contributed by atoms with Gasteiger partial charge in [-0.05, 0) is 45.0 Å². The molecule has 0 saturated heterocycles. The zero-order chi connectivity index (χ0) is 16.8. The van der Waals surface area contributed by atoms with Gasteiger partial charge in [-0.1, -0.05) is 6.07 Å². The Balaban J connectivity index is 1.97. The van der Waals surface area contributed by atoms with Crippen molar-refractivity contribution in [3.05, 3.63) is 47.8 Å². The highest BCUT2D eigenvalue weighted by molar-refractivity contribution is 5.94. The van der Waals surface area contributed by atoms with Crippen LogP contribution in [0, 0.1) is 6.92 Å². The van der Waals surface area contributed by atoms with Crippen molar-refractivity contribution in [1.82, 2.24) is 9.78 Å². The number of nitrogens with one attached hydrogen (secondary N) is 1. The summed E-state index contributed by atoms with van der Waals surface area (Å²) in [6.45, 7) is 5.91. The first-order valence-corrected chi connectivity index (χ1v) is 7.58. The first-order chi connectivity index (χ1) is 11.0. The van der Waals surface area contributed by atoms with Gasteiger partial charge in [0.05, 0.1) is 23.9 Å². The SMILES string of the molecule is CCOC(=O)c1cccc(NC(=O)CC(C)n2ccc(C)n2)c1. The van der Waals surface area contributed by atoms with Gasteiger partial charge in [-0.25, -0.2) is 4.79 Å². The second kappa shape index (κ2) is 7.58. The van der Waals surface area contributed by atoms with Gasteiger partial charge in [0.1, 0.15) is 0 Å². The molecule has 1 aromatic carbocycles. The second-order valence-corrected chi connectivity index (χ2v) is 5.34. The molecule has 1 heterocycles. The Bertz CT molecular complexity index is 694. The summed E-state index contributed by atoms with van der Waals surface area (Å²) in [6.07, 6.45) is 2.15. The van der Waals surface area contributed by atoms with Crippen LogP contribution in [0.4, 0.5) is 5.69 Å². The van der Waals surface area contributed by atoms with Crippen molar-refractivity contribution >= 4 is 17.6 Å². The van der Waals surface area contributed by atoms with E-state index in [0.717, 1.165) is 5.69 Å². The molecular weight excluding hydrogens is 294 g/mol. The molecule has 1 aromatic heterocycles. The fraction of sp³-hybridized carbons (Fsp3) is 0.353. The maximum absolute atomic E-state index is 12.1. The van der Waals surface area contributed by atoms with E-state index in [4.69, 9.17) is 4.74 Å². The Morgan fingerprint density at radius 1 is 1.35 bits per heavy atom. The molecule has 0 fully saturated rings. The summed E-state index contributed by atoms with van der Waals surface area (Å²) in [5.41, 5.74) is 1.91. The number of hydrogen-bond donors (Lipinski definition) is 1. The molecule has 1 unspecified atom stereocenters. The molecule has 0 aliphatic carbocycles. The van der Waals surface area contributed by atoms with E-state index in [1.54, 1.807) is 35.9 Å². The molecule has 23 heavy (non-hydrogen) atoms. The Hall–Kier alpha value is -2.63. The minimum absolute atomic E-state index is 0.0445. The van der Waals surface area contributed by atoms with Gasteiger partial charge < -0.3 is 10.1 Å². The fourth-order valence-electron chi connectivity index (χ4n) is 2.19. The molecule has 1 atom stereocenters. The highest BCUT2D eigenvalue weighted by Crippen LogP contribution is 2.15. The molecule has 1 N–H and O–H groups in total. The van der Waals surface area contributed by atoms with E-state index >= 15 is 0 Å². The number of anilines is 1. The van der Waals surface area contributed by atoms with E-state index < -0.39 is 5.97 Å². The van der Waals surface area contributed by atoms with E-state index in [0.29, 0.717) is 24.3 Å². The lowest BCUT2D eigenvalue weighted by atomic mass is 10.2. The van der Waals surface area contributed by atoms with Crippen LogP contribution in [0.2, 0.25) is 0 Å². The summed E-state index contributed by atoms with van der Waals surface area (Å²) in [7, 11) is 0. The number of carbonyl (C=O) groups excluding carboxylic acids is 2. The predicted octanol–water partition coefficient (Wildman–Crippen LogP) is 2.96. The number of hydrogen-bond acceptors (Lipinski definition) is 4. The normalized spacial score (nSPS) is 11.8. The van der Waals surface area contributed by atoms with Crippen molar-refractivity contribution in [2.24, 2.45) is 0 Å². The van der Waals surface area contributed by atoms with Crippen LogP contribution >= 0.6 is 0 Å². The van der Waals surface area contributed by atoms with Crippen molar-refractivity contribution in [2.75, 3.05) is 11.9 Å². The summed E-state index contributed by atoms with van der Waals surface area (Å²) in [5, 5.41) is 7.10. The average molecular weight is 315 g/mol. The van der Waals surface area contributed by atoms with Crippen LogP contribution in [0.15, 0.2) is 36.5 Å². The summed E-state index contributed by atoms with van der Waals surface area (Å²) in [6, 6.07) is 8.57. The minimum Gasteiger partial charge on any atom is -0.462 e. The van der Waals surface area contributed by atoms with Gasteiger partial charge in [0, 0.05) is 18.3 Å². The maximum atomic E-state index is 12.1. The maximum Gasteiger partial charge on any atom is 0.338 e. The molecule has 2 aromatic rings. The number of amides is 1. The van der Waals surface area contributed by atoms with Crippen LogP contribution in [0.3, 0.4) is 0 Å². The number of esters is 1. The molecule has 0 saturated carbocycles. The van der Waals surface area contributed by atoms with Crippen LogP contribution in [0.5, 0.6) is 0 Å². The van der Waals surface area contributed by atoms with E-state index in [2.05, 4.69) is 10.4 Å². The smallest absolute Gasteiger partial charge is 0.338 e. The van der Waals surface area contributed by atoms with Crippen molar-refractivity contribution in [3.8, 4) is 0 Å². The van der Waals surface area contributed by atoms with Gasteiger partial charge in [0.15, 0.2) is 0 Å². The van der Waals surface area contributed by atoms with E-state index in [-0.39, 0.29) is 11.9 Å². The molecule has 0 aliphatic rings. The van der Waals surface area contributed by atoms with Crippen molar-refractivity contribution in [2.45, 2.75) is 33.2 Å². The molecule has 2 rings (SSSR count). The Morgan fingerprint density at radius 3 is 2.78 bits per heavy atom. The molecule has 0 radical (unpaired) electrons.